The lowest BCUT2D eigenvalue weighted by molar-refractivity contribution is 0.0600. The molecule has 1 aromatic heterocycles. The molecule has 5 nitrogen and oxygen atoms in total. The standard InChI is InChI=1S/C35H23ClF3NO4S/c1-44-35(41)25-12-16-28(30(36)19-25)23-8-5-9-24(18-23)33-32(21-6-3-2-4-7-21)29-20-26(37)13-17-31(29)40(33)45(42,43)27-14-10-22(11-15-27)34(38)39/h2-20,34H,1H3. The van der Waals surface area contributed by atoms with Gasteiger partial charge in [0.25, 0.3) is 16.4 Å². The number of esters is 1. The summed E-state index contributed by atoms with van der Waals surface area (Å²) in [5, 5.41) is 0.613. The smallest absolute Gasteiger partial charge is 0.337 e. The molecule has 0 unspecified atom stereocenters. The molecular formula is C35H23ClF3NO4S. The Morgan fingerprint density at radius 2 is 1.49 bits per heavy atom. The summed E-state index contributed by atoms with van der Waals surface area (Å²) in [5.74, 6) is -1.11. The summed E-state index contributed by atoms with van der Waals surface area (Å²) in [6.07, 6.45) is -2.77. The number of ether oxygens (including phenoxy) is 1. The summed E-state index contributed by atoms with van der Waals surface area (Å²) >= 11 is 6.59. The van der Waals surface area contributed by atoms with Gasteiger partial charge in [0.2, 0.25) is 0 Å². The third-order valence-electron chi connectivity index (χ3n) is 7.46. The fourth-order valence-electron chi connectivity index (χ4n) is 5.36. The van der Waals surface area contributed by atoms with Crippen LogP contribution in [0.15, 0.2) is 120 Å². The number of rotatable bonds is 7. The summed E-state index contributed by atoms with van der Waals surface area (Å²) in [7, 11) is -3.15. The van der Waals surface area contributed by atoms with E-state index in [9.17, 15) is 26.4 Å². The molecule has 10 heteroatoms. The van der Waals surface area contributed by atoms with Crippen LogP contribution in [0.5, 0.6) is 0 Å². The van der Waals surface area contributed by atoms with Crippen LogP contribution in [0.2, 0.25) is 5.02 Å². The van der Waals surface area contributed by atoms with Crippen LogP contribution in [0.3, 0.4) is 0 Å². The summed E-state index contributed by atoms with van der Waals surface area (Å²) in [6.45, 7) is 0. The van der Waals surface area contributed by atoms with Gasteiger partial charge in [-0.25, -0.2) is 30.4 Å². The highest BCUT2D eigenvalue weighted by Crippen LogP contribution is 2.44. The quantitative estimate of drug-likeness (QED) is 0.162. The Kier molecular flexibility index (Phi) is 7.99. The van der Waals surface area contributed by atoms with Gasteiger partial charge >= 0.3 is 5.97 Å². The molecule has 226 valence electrons. The van der Waals surface area contributed by atoms with Crippen molar-refractivity contribution in [2.24, 2.45) is 0 Å². The Hall–Kier alpha value is -4.86. The van der Waals surface area contributed by atoms with Crippen LogP contribution < -0.4 is 0 Å². The SMILES string of the molecule is COC(=O)c1ccc(-c2cccc(-c3c(-c4ccccc4)c4cc(F)ccc4n3S(=O)(=O)c3ccc(C(F)F)cc3)c2)c(Cl)c1. The zero-order valence-corrected chi connectivity index (χ0v) is 25.1. The van der Waals surface area contributed by atoms with Crippen molar-refractivity contribution in [1.29, 1.82) is 0 Å². The highest BCUT2D eigenvalue weighted by Gasteiger charge is 2.29. The Morgan fingerprint density at radius 3 is 2.16 bits per heavy atom. The molecule has 0 radical (unpaired) electrons. The van der Waals surface area contributed by atoms with E-state index >= 15 is 0 Å². The fourth-order valence-corrected chi connectivity index (χ4v) is 7.20. The van der Waals surface area contributed by atoms with Gasteiger partial charge in [-0.3, -0.25) is 0 Å². The van der Waals surface area contributed by atoms with Crippen molar-refractivity contribution in [3.63, 3.8) is 0 Å². The summed E-state index contributed by atoms with van der Waals surface area (Å²) in [4.78, 5) is 11.8. The van der Waals surface area contributed by atoms with E-state index in [0.29, 0.717) is 33.2 Å². The minimum atomic E-state index is -4.42. The van der Waals surface area contributed by atoms with Crippen LogP contribution in [0, 0.1) is 5.82 Å². The van der Waals surface area contributed by atoms with Crippen molar-refractivity contribution in [2.45, 2.75) is 11.3 Å². The second kappa shape index (κ2) is 11.9. The summed E-state index contributed by atoms with van der Waals surface area (Å²) in [5.41, 5.74) is 3.14. The van der Waals surface area contributed by atoms with Crippen molar-refractivity contribution in [1.82, 2.24) is 3.97 Å². The van der Waals surface area contributed by atoms with E-state index in [1.54, 1.807) is 60.7 Å². The van der Waals surface area contributed by atoms with Crippen LogP contribution in [0.4, 0.5) is 13.2 Å². The summed E-state index contributed by atoms with van der Waals surface area (Å²) < 4.78 is 76.1. The number of carbonyl (C=O) groups excluding carboxylic acids is 1. The lowest BCUT2D eigenvalue weighted by atomic mass is 9.96. The van der Waals surface area contributed by atoms with E-state index in [-0.39, 0.29) is 32.3 Å². The van der Waals surface area contributed by atoms with Gasteiger partial charge in [-0.2, -0.15) is 0 Å². The van der Waals surface area contributed by atoms with E-state index in [2.05, 4.69) is 0 Å². The fraction of sp³-hybridized carbons (Fsp3) is 0.0571. The van der Waals surface area contributed by atoms with Crippen molar-refractivity contribution in [2.75, 3.05) is 7.11 Å². The lowest BCUT2D eigenvalue weighted by Crippen LogP contribution is -2.14. The molecule has 0 bridgehead atoms. The van der Waals surface area contributed by atoms with Crippen molar-refractivity contribution < 1.29 is 31.1 Å². The number of aromatic nitrogens is 1. The van der Waals surface area contributed by atoms with Gasteiger partial charge in [0.05, 0.1) is 28.8 Å². The number of nitrogens with zero attached hydrogens (tertiary/aromatic N) is 1. The molecule has 0 amide bonds. The van der Waals surface area contributed by atoms with Crippen LogP contribution in [0.1, 0.15) is 22.3 Å². The van der Waals surface area contributed by atoms with Crippen molar-refractivity contribution in [3.8, 4) is 33.5 Å². The van der Waals surface area contributed by atoms with Crippen molar-refractivity contribution in [3.05, 3.63) is 137 Å². The molecule has 0 N–H and O–H groups in total. The highest BCUT2D eigenvalue weighted by molar-refractivity contribution is 7.90. The first-order valence-electron chi connectivity index (χ1n) is 13.6. The molecule has 5 aromatic carbocycles. The molecule has 0 aliphatic carbocycles. The largest absolute Gasteiger partial charge is 0.465 e. The number of hydrogen-bond acceptors (Lipinski definition) is 4. The second-order valence-corrected chi connectivity index (χ2v) is 12.4. The normalized spacial score (nSPS) is 11.7. The van der Waals surface area contributed by atoms with Gasteiger partial charge in [-0.15, -0.1) is 0 Å². The maximum atomic E-state index is 14.8. The molecule has 45 heavy (non-hydrogen) atoms. The number of carbonyl (C=O) groups is 1. The van der Waals surface area contributed by atoms with Gasteiger partial charge in [-0.1, -0.05) is 78.3 Å². The second-order valence-electron chi connectivity index (χ2n) is 10.2. The molecule has 6 aromatic rings. The van der Waals surface area contributed by atoms with Crippen LogP contribution in [0.25, 0.3) is 44.4 Å². The van der Waals surface area contributed by atoms with Gasteiger partial charge in [0.15, 0.2) is 0 Å². The first-order valence-corrected chi connectivity index (χ1v) is 15.4. The third kappa shape index (κ3) is 5.49. The first-order chi connectivity index (χ1) is 21.6. The van der Waals surface area contributed by atoms with E-state index in [4.69, 9.17) is 16.3 Å². The third-order valence-corrected chi connectivity index (χ3v) is 9.50. The average Bonchev–Trinajstić information content (AvgIpc) is 3.40. The zero-order valence-electron chi connectivity index (χ0n) is 23.5. The zero-order chi connectivity index (χ0) is 31.9. The maximum absolute atomic E-state index is 14.8. The lowest BCUT2D eigenvalue weighted by Gasteiger charge is -2.15. The molecule has 1 heterocycles. The number of hydrogen-bond donors (Lipinski definition) is 0. The molecule has 0 saturated carbocycles. The minimum absolute atomic E-state index is 0.203. The van der Waals surface area contributed by atoms with E-state index in [1.165, 1.54) is 31.4 Å². The molecule has 0 saturated heterocycles. The topological polar surface area (TPSA) is 65.4 Å². The number of benzene rings is 5. The first kappa shape index (κ1) is 30.2. The number of methoxy groups -OCH3 is 1. The average molecular weight is 646 g/mol. The van der Waals surface area contributed by atoms with Crippen molar-refractivity contribution >= 4 is 38.5 Å². The predicted molar refractivity (Wildman–Crippen MR) is 169 cm³/mol. The van der Waals surface area contributed by atoms with E-state index in [1.807, 2.05) is 6.07 Å². The van der Waals surface area contributed by atoms with Gasteiger partial charge < -0.3 is 4.74 Å². The number of fused-ring (bicyclic) bond motifs is 1. The van der Waals surface area contributed by atoms with Gasteiger partial charge in [0.1, 0.15) is 5.82 Å². The Labute approximate surface area is 262 Å². The molecule has 6 rings (SSSR count). The van der Waals surface area contributed by atoms with Crippen LogP contribution in [-0.2, 0) is 14.8 Å². The van der Waals surface area contributed by atoms with E-state index in [0.717, 1.165) is 28.2 Å². The number of halogens is 4. The van der Waals surface area contributed by atoms with Crippen LogP contribution in [-0.4, -0.2) is 25.5 Å². The number of alkyl halides is 2. The predicted octanol–water partition coefficient (Wildman–Crippen LogP) is 9.40. The minimum Gasteiger partial charge on any atom is -0.465 e. The van der Waals surface area contributed by atoms with Crippen LogP contribution >= 0.6 is 11.6 Å². The molecule has 0 fully saturated rings. The molecule has 0 aliphatic rings. The maximum Gasteiger partial charge on any atom is 0.337 e. The molecular weight excluding hydrogens is 623 g/mol. The Bertz CT molecular complexity index is 2180. The van der Waals surface area contributed by atoms with E-state index < -0.39 is 28.2 Å². The Balaban J connectivity index is 1.66. The monoisotopic (exact) mass is 645 g/mol. The van der Waals surface area contributed by atoms with Gasteiger partial charge in [0, 0.05) is 32.7 Å². The molecule has 0 atom stereocenters. The summed E-state index contributed by atoms with van der Waals surface area (Å²) in [6, 6.07) is 28.9. The molecule has 0 spiro atoms. The molecule has 0 aliphatic heterocycles. The Morgan fingerprint density at radius 1 is 0.800 bits per heavy atom. The van der Waals surface area contributed by atoms with Gasteiger partial charge in [-0.05, 0) is 59.7 Å². The highest BCUT2D eigenvalue weighted by atomic mass is 35.5.